The van der Waals surface area contributed by atoms with Gasteiger partial charge in [0.05, 0.1) is 24.5 Å². The number of carbonyl (C=O) groups is 1. The normalized spacial score (nSPS) is 16.8. The van der Waals surface area contributed by atoms with Crippen LogP contribution in [0.5, 0.6) is 0 Å². The Morgan fingerprint density at radius 2 is 2.25 bits per heavy atom. The molecule has 9 heteroatoms. The molecule has 1 atom stereocenters. The summed E-state index contributed by atoms with van der Waals surface area (Å²) < 4.78 is 11.8. The summed E-state index contributed by atoms with van der Waals surface area (Å²) in [6, 6.07) is 11.7. The molecule has 1 N–H and O–H groups in total. The Bertz CT molecular complexity index is 995. The van der Waals surface area contributed by atoms with Crippen molar-refractivity contribution in [2.45, 2.75) is 31.6 Å². The molecule has 4 rings (SSSR count). The number of aromatic nitrogens is 2. The maximum Gasteiger partial charge on any atom is 0.241 e. The van der Waals surface area contributed by atoms with Gasteiger partial charge in [0.1, 0.15) is 5.76 Å². The number of nitrogens with one attached hydrogen (secondary N) is 1. The number of carbonyl (C=O) groups excluding carboxylic acids is 1. The van der Waals surface area contributed by atoms with Crippen LogP contribution in [0.2, 0.25) is 0 Å². The van der Waals surface area contributed by atoms with E-state index in [2.05, 4.69) is 36.3 Å². The molecule has 170 valence electrons. The maximum atomic E-state index is 12.6. The lowest BCUT2D eigenvalue weighted by atomic mass is 9.97. The van der Waals surface area contributed by atoms with Crippen LogP contribution in [0, 0.1) is 5.92 Å². The van der Waals surface area contributed by atoms with Crippen LogP contribution in [0.4, 0.5) is 0 Å². The topological polar surface area (TPSA) is 84.4 Å². The first-order valence-corrected chi connectivity index (χ1v) is 12.8. The van der Waals surface area contributed by atoms with Crippen LogP contribution in [0.3, 0.4) is 0 Å². The summed E-state index contributed by atoms with van der Waals surface area (Å²) in [5.41, 5.74) is 0.910. The molecule has 2 aromatic heterocycles. The molecule has 0 radical (unpaired) electrons. The number of amides is 1. The number of rotatable bonds is 10. The lowest BCUT2D eigenvalue weighted by Gasteiger charge is -2.30. The van der Waals surface area contributed by atoms with Crippen molar-refractivity contribution in [2.75, 3.05) is 25.4 Å². The summed E-state index contributed by atoms with van der Waals surface area (Å²) >= 11 is 5.29. The van der Waals surface area contributed by atoms with E-state index < -0.39 is 0 Å². The molecular formula is C23H27BrN4O3S. The SMILES string of the molecule is O=C(NCCCSCc1ccco1)C1CCCN(Cc2nc(-c3cccc(Br)c3)no2)C1. The van der Waals surface area contributed by atoms with Gasteiger partial charge in [-0.15, -0.1) is 0 Å². The van der Waals surface area contributed by atoms with Gasteiger partial charge in [-0.3, -0.25) is 9.69 Å². The van der Waals surface area contributed by atoms with Crippen LogP contribution in [0.1, 0.15) is 30.9 Å². The van der Waals surface area contributed by atoms with Gasteiger partial charge >= 0.3 is 0 Å². The molecule has 7 nitrogen and oxygen atoms in total. The average molecular weight is 519 g/mol. The second-order valence-electron chi connectivity index (χ2n) is 7.87. The van der Waals surface area contributed by atoms with Gasteiger partial charge in [-0.05, 0) is 55.8 Å². The number of furan rings is 1. The summed E-state index contributed by atoms with van der Waals surface area (Å²) in [7, 11) is 0. The zero-order chi connectivity index (χ0) is 22.2. The van der Waals surface area contributed by atoms with E-state index in [4.69, 9.17) is 8.94 Å². The van der Waals surface area contributed by atoms with Crippen molar-refractivity contribution in [2.24, 2.45) is 5.92 Å². The number of likely N-dealkylation sites (tertiary alicyclic amines) is 1. The number of hydrogen-bond donors (Lipinski definition) is 1. The predicted molar refractivity (Wildman–Crippen MR) is 128 cm³/mol. The molecule has 1 fully saturated rings. The smallest absolute Gasteiger partial charge is 0.241 e. The first kappa shape index (κ1) is 23.1. The number of hydrogen-bond acceptors (Lipinski definition) is 7. The van der Waals surface area contributed by atoms with Gasteiger partial charge in [0.2, 0.25) is 17.6 Å². The van der Waals surface area contributed by atoms with Gasteiger partial charge in [0, 0.05) is 23.1 Å². The molecule has 1 unspecified atom stereocenters. The number of benzene rings is 1. The zero-order valence-corrected chi connectivity index (χ0v) is 20.2. The van der Waals surface area contributed by atoms with Crippen LogP contribution >= 0.6 is 27.7 Å². The quantitative estimate of drug-likeness (QED) is 0.387. The fourth-order valence-electron chi connectivity index (χ4n) is 3.77. The third-order valence-corrected chi connectivity index (χ3v) is 6.93. The maximum absolute atomic E-state index is 12.6. The lowest BCUT2D eigenvalue weighted by molar-refractivity contribution is -0.126. The Morgan fingerprint density at radius 3 is 3.09 bits per heavy atom. The molecule has 0 aliphatic carbocycles. The zero-order valence-electron chi connectivity index (χ0n) is 17.8. The van der Waals surface area contributed by atoms with Crippen molar-refractivity contribution in [1.82, 2.24) is 20.4 Å². The predicted octanol–water partition coefficient (Wildman–Crippen LogP) is 4.74. The highest BCUT2D eigenvalue weighted by Gasteiger charge is 2.26. The number of piperidine rings is 1. The minimum absolute atomic E-state index is 0.00647. The van der Waals surface area contributed by atoms with Crippen LogP contribution < -0.4 is 5.32 Å². The fraction of sp³-hybridized carbons (Fsp3) is 0.435. The van der Waals surface area contributed by atoms with E-state index in [9.17, 15) is 4.79 Å². The summed E-state index contributed by atoms with van der Waals surface area (Å²) in [5.74, 6) is 4.17. The summed E-state index contributed by atoms with van der Waals surface area (Å²) in [6.07, 6.45) is 4.56. The van der Waals surface area contributed by atoms with E-state index in [1.54, 1.807) is 6.26 Å². The summed E-state index contributed by atoms with van der Waals surface area (Å²) in [4.78, 5) is 19.4. The standard InChI is InChI=1S/C23H27BrN4O3S/c24-19-7-1-5-17(13-19)22-26-21(31-27-22)15-28-10-2-6-18(14-28)23(29)25-9-4-12-32-16-20-8-3-11-30-20/h1,3,5,7-8,11,13,18H,2,4,6,9-10,12,14-16H2,(H,25,29). The van der Waals surface area contributed by atoms with Crippen molar-refractivity contribution in [1.29, 1.82) is 0 Å². The largest absolute Gasteiger partial charge is 0.468 e. The van der Waals surface area contributed by atoms with E-state index in [1.807, 2.05) is 48.2 Å². The molecule has 1 aliphatic heterocycles. The molecular weight excluding hydrogens is 492 g/mol. The molecule has 1 amide bonds. The molecule has 1 saturated heterocycles. The van der Waals surface area contributed by atoms with Gasteiger partial charge in [-0.1, -0.05) is 33.2 Å². The Balaban J connectivity index is 1.18. The molecule has 32 heavy (non-hydrogen) atoms. The minimum Gasteiger partial charge on any atom is -0.468 e. The monoisotopic (exact) mass is 518 g/mol. The second-order valence-corrected chi connectivity index (χ2v) is 9.89. The van der Waals surface area contributed by atoms with Gasteiger partial charge in [0.25, 0.3) is 0 Å². The second kappa shape index (κ2) is 11.7. The molecule has 0 spiro atoms. The van der Waals surface area contributed by atoms with Crippen molar-refractivity contribution in [3.8, 4) is 11.4 Å². The minimum atomic E-state index is 0.00647. The highest BCUT2D eigenvalue weighted by molar-refractivity contribution is 9.10. The first-order chi connectivity index (χ1) is 15.7. The molecule has 3 heterocycles. The molecule has 0 saturated carbocycles. The number of thioether (sulfide) groups is 1. The van der Waals surface area contributed by atoms with E-state index in [0.717, 1.165) is 53.1 Å². The van der Waals surface area contributed by atoms with Crippen LogP contribution in [0.15, 0.2) is 56.1 Å². The lowest BCUT2D eigenvalue weighted by Crippen LogP contribution is -2.43. The van der Waals surface area contributed by atoms with Gasteiger partial charge in [0.15, 0.2) is 0 Å². The van der Waals surface area contributed by atoms with Crippen LogP contribution in [-0.4, -0.2) is 46.3 Å². The van der Waals surface area contributed by atoms with Crippen LogP contribution in [-0.2, 0) is 17.1 Å². The Morgan fingerprint density at radius 1 is 1.31 bits per heavy atom. The molecule has 3 aromatic rings. The summed E-state index contributed by atoms with van der Waals surface area (Å²) in [5, 5.41) is 7.21. The number of halogens is 1. The van der Waals surface area contributed by atoms with E-state index in [1.165, 1.54) is 0 Å². The van der Waals surface area contributed by atoms with Crippen molar-refractivity contribution in [3.05, 3.63) is 58.8 Å². The number of nitrogens with zero attached hydrogens (tertiary/aromatic N) is 3. The fourth-order valence-corrected chi connectivity index (χ4v) is 5.02. The average Bonchev–Trinajstić information content (AvgIpc) is 3.48. The third-order valence-electron chi connectivity index (χ3n) is 5.38. The van der Waals surface area contributed by atoms with Gasteiger partial charge in [-0.2, -0.15) is 16.7 Å². The Labute approximate surface area is 200 Å². The van der Waals surface area contributed by atoms with Gasteiger partial charge in [-0.25, -0.2) is 0 Å². The Kier molecular flexibility index (Phi) is 8.42. The molecule has 0 bridgehead atoms. The van der Waals surface area contributed by atoms with Crippen molar-refractivity contribution >= 4 is 33.6 Å². The van der Waals surface area contributed by atoms with Crippen LogP contribution in [0.25, 0.3) is 11.4 Å². The molecule has 1 aromatic carbocycles. The summed E-state index contributed by atoms with van der Waals surface area (Å²) in [6.45, 7) is 2.92. The third kappa shape index (κ3) is 6.70. The molecule has 1 aliphatic rings. The Hall–Kier alpha value is -2.10. The highest BCUT2D eigenvalue weighted by Crippen LogP contribution is 2.22. The van der Waals surface area contributed by atoms with Gasteiger partial charge < -0.3 is 14.3 Å². The highest BCUT2D eigenvalue weighted by atomic mass is 79.9. The van der Waals surface area contributed by atoms with E-state index >= 15 is 0 Å². The van der Waals surface area contributed by atoms with Crippen molar-refractivity contribution in [3.63, 3.8) is 0 Å². The van der Waals surface area contributed by atoms with E-state index in [-0.39, 0.29) is 11.8 Å². The van der Waals surface area contributed by atoms with E-state index in [0.29, 0.717) is 31.3 Å². The van der Waals surface area contributed by atoms with Crippen molar-refractivity contribution < 1.29 is 13.7 Å². The first-order valence-electron chi connectivity index (χ1n) is 10.9.